The minimum atomic E-state index is 0.243. The molecule has 0 amide bonds. The minimum Gasteiger partial charge on any atom is -0.360 e. The zero-order valence-corrected chi connectivity index (χ0v) is 13.0. The third-order valence-corrected chi connectivity index (χ3v) is 4.20. The Bertz CT molecular complexity index is 1040. The van der Waals surface area contributed by atoms with Gasteiger partial charge in [0.25, 0.3) is 0 Å². The molecule has 24 heavy (non-hydrogen) atoms. The van der Waals surface area contributed by atoms with Crippen molar-refractivity contribution >= 4 is 33.6 Å². The number of rotatable bonds is 4. The molecule has 0 saturated heterocycles. The zero-order chi connectivity index (χ0) is 16.4. The van der Waals surface area contributed by atoms with E-state index in [4.69, 9.17) is 5.26 Å². The van der Waals surface area contributed by atoms with Crippen molar-refractivity contribution in [1.82, 2.24) is 30.6 Å². The van der Waals surface area contributed by atoms with Gasteiger partial charge in [0.15, 0.2) is 0 Å². The lowest BCUT2D eigenvalue weighted by molar-refractivity contribution is 0.881. The Morgan fingerprint density at radius 3 is 3.04 bits per heavy atom. The second kappa shape index (κ2) is 5.94. The molecule has 8 nitrogen and oxygen atoms in total. The summed E-state index contributed by atoms with van der Waals surface area (Å²) in [5.41, 5.74) is 2.90. The van der Waals surface area contributed by atoms with Gasteiger partial charge in [0.1, 0.15) is 17.5 Å². The molecular weight excluding hydrogens is 324 g/mol. The highest BCUT2D eigenvalue weighted by atomic mass is 32.1. The number of imidazole rings is 1. The van der Waals surface area contributed by atoms with Crippen LogP contribution in [0, 0.1) is 11.3 Å². The topological polar surface area (TPSA) is 119 Å². The average Bonchev–Trinajstić information content (AvgIpc) is 3.35. The Morgan fingerprint density at radius 2 is 2.29 bits per heavy atom. The first-order valence-electron chi connectivity index (χ1n) is 6.98. The number of tetrazole rings is 1. The minimum absolute atomic E-state index is 0.243. The van der Waals surface area contributed by atoms with Crippen molar-refractivity contribution in [3.63, 3.8) is 0 Å². The summed E-state index contributed by atoms with van der Waals surface area (Å²) in [6.07, 6.45) is 1.54. The molecule has 4 rings (SSSR count). The monoisotopic (exact) mass is 334 g/mol. The number of nitriles is 1. The molecule has 0 bridgehead atoms. The molecule has 3 aromatic heterocycles. The number of H-pyrrole nitrogens is 2. The number of aromatic amines is 2. The van der Waals surface area contributed by atoms with E-state index in [1.807, 2.05) is 41.8 Å². The van der Waals surface area contributed by atoms with Gasteiger partial charge in [-0.15, -0.1) is 21.5 Å². The fourth-order valence-corrected chi connectivity index (χ4v) is 2.88. The van der Waals surface area contributed by atoms with Crippen molar-refractivity contribution in [1.29, 1.82) is 5.26 Å². The van der Waals surface area contributed by atoms with Crippen molar-refractivity contribution in [2.24, 2.45) is 0 Å². The maximum absolute atomic E-state index is 9.16. The van der Waals surface area contributed by atoms with Crippen LogP contribution in [-0.4, -0.2) is 30.6 Å². The SMILES string of the molecule is N#CC(=CNc1ccc2nc(-c3cccs3)[nH]c2c1)c1nn[nH]n1. The fraction of sp³-hybridized carbons (Fsp3) is 0. The van der Waals surface area contributed by atoms with Crippen molar-refractivity contribution in [3.8, 4) is 16.8 Å². The van der Waals surface area contributed by atoms with Gasteiger partial charge in [0.05, 0.1) is 15.9 Å². The number of aromatic nitrogens is 6. The van der Waals surface area contributed by atoms with Crippen LogP contribution >= 0.6 is 11.3 Å². The third kappa shape index (κ3) is 2.62. The molecule has 0 unspecified atom stereocenters. The van der Waals surface area contributed by atoms with Crippen LogP contribution in [0.5, 0.6) is 0 Å². The second-order valence-corrected chi connectivity index (χ2v) is 5.79. The van der Waals surface area contributed by atoms with Gasteiger partial charge in [0, 0.05) is 11.9 Å². The van der Waals surface area contributed by atoms with Gasteiger partial charge in [-0.3, -0.25) is 0 Å². The number of anilines is 1. The van der Waals surface area contributed by atoms with Gasteiger partial charge in [-0.2, -0.15) is 10.5 Å². The van der Waals surface area contributed by atoms with Gasteiger partial charge < -0.3 is 10.3 Å². The predicted octanol–water partition coefficient (Wildman–Crippen LogP) is 2.78. The van der Waals surface area contributed by atoms with Crippen LogP contribution in [0.2, 0.25) is 0 Å². The van der Waals surface area contributed by atoms with E-state index in [-0.39, 0.29) is 11.4 Å². The summed E-state index contributed by atoms with van der Waals surface area (Å²) >= 11 is 1.63. The highest BCUT2D eigenvalue weighted by Crippen LogP contribution is 2.26. The quantitative estimate of drug-likeness (QED) is 0.494. The number of thiophene rings is 1. The number of allylic oxidation sites excluding steroid dienone is 1. The molecule has 3 N–H and O–H groups in total. The van der Waals surface area contributed by atoms with Crippen LogP contribution in [0.4, 0.5) is 5.69 Å². The molecule has 0 saturated carbocycles. The molecule has 0 aliphatic rings. The number of nitrogens with one attached hydrogen (secondary N) is 3. The third-order valence-electron chi connectivity index (χ3n) is 3.33. The van der Waals surface area contributed by atoms with Crippen LogP contribution in [0.15, 0.2) is 41.9 Å². The highest BCUT2D eigenvalue weighted by molar-refractivity contribution is 7.13. The van der Waals surface area contributed by atoms with Gasteiger partial charge in [-0.25, -0.2) is 4.98 Å². The smallest absolute Gasteiger partial charge is 0.216 e. The van der Waals surface area contributed by atoms with Crippen LogP contribution in [0.3, 0.4) is 0 Å². The van der Waals surface area contributed by atoms with E-state index < -0.39 is 0 Å². The van der Waals surface area contributed by atoms with E-state index in [1.165, 1.54) is 0 Å². The Labute approximate surface area is 139 Å². The van der Waals surface area contributed by atoms with E-state index in [0.29, 0.717) is 0 Å². The summed E-state index contributed by atoms with van der Waals surface area (Å²) < 4.78 is 0. The molecule has 0 spiro atoms. The molecule has 0 aliphatic carbocycles. The normalized spacial score (nSPS) is 11.5. The molecule has 0 aliphatic heterocycles. The Hall–Kier alpha value is -3.51. The van der Waals surface area contributed by atoms with Crippen molar-refractivity contribution in [2.75, 3.05) is 5.32 Å². The molecule has 1 aromatic carbocycles. The van der Waals surface area contributed by atoms with Gasteiger partial charge in [-0.05, 0) is 34.9 Å². The Morgan fingerprint density at radius 1 is 1.33 bits per heavy atom. The molecule has 0 atom stereocenters. The first-order valence-corrected chi connectivity index (χ1v) is 7.86. The standard InChI is InChI=1S/C15H10N8S/c16-7-9(14-20-22-23-21-14)8-17-10-3-4-11-12(6-10)19-15(18-11)13-2-1-5-24-13/h1-6,8,17H,(H,18,19)(H,20,21,22,23). The number of hydrogen-bond acceptors (Lipinski definition) is 7. The van der Waals surface area contributed by atoms with Crippen LogP contribution in [0.1, 0.15) is 5.82 Å². The van der Waals surface area contributed by atoms with Crippen molar-refractivity contribution in [2.45, 2.75) is 0 Å². The first-order chi connectivity index (χ1) is 11.8. The van der Waals surface area contributed by atoms with Crippen LogP contribution in [0.25, 0.3) is 27.3 Å². The largest absolute Gasteiger partial charge is 0.360 e. The number of fused-ring (bicyclic) bond motifs is 1. The van der Waals surface area contributed by atoms with Gasteiger partial charge >= 0.3 is 0 Å². The summed E-state index contributed by atoms with van der Waals surface area (Å²) in [4.78, 5) is 8.96. The summed E-state index contributed by atoms with van der Waals surface area (Å²) in [5.74, 6) is 1.09. The Kier molecular flexibility index (Phi) is 3.49. The van der Waals surface area contributed by atoms with E-state index in [9.17, 15) is 0 Å². The van der Waals surface area contributed by atoms with Gasteiger partial charge in [-0.1, -0.05) is 6.07 Å². The lowest BCUT2D eigenvalue weighted by atomic mass is 10.2. The lowest BCUT2D eigenvalue weighted by Gasteiger charge is -2.00. The molecule has 0 radical (unpaired) electrons. The lowest BCUT2D eigenvalue weighted by Crippen LogP contribution is -1.92. The molecule has 4 aromatic rings. The van der Waals surface area contributed by atoms with Crippen molar-refractivity contribution in [3.05, 3.63) is 47.7 Å². The summed E-state index contributed by atoms with van der Waals surface area (Å²) in [7, 11) is 0. The van der Waals surface area contributed by atoms with E-state index >= 15 is 0 Å². The van der Waals surface area contributed by atoms with E-state index in [0.717, 1.165) is 27.4 Å². The summed E-state index contributed by atoms with van der Waals surface area (Å²) in [5, 5.41) is 27.6. The predicted molar refractivity (Wildman–Crippen MR) is 90.8 cm³/mol. The summed E-state index contributed by atoms with van der Waals surface area (Å²) in [6, 6.07) is 11.8. The molecule has 0 fully saturated rings. The van der Waals surface area contributed by atoms with Crippen molar-refractivity contribution < 1.29 is 0 Å². The first kappa shape index (κ1) is 14.1. The maximum Gasteiger partial charge on any atom is 0.216 e. The molecule has 116 valence electrons. The molecule has 3 heterocycles. The number of benzene rings is 1. The fourth-order valence-electron chi connectivity index (χ4n) is 2.21. The molecular formula is C15H10N8S. The highest BCUT2D eigenvalue weighted by Gasteiger charge is 2.08. The van der Waals surface area contributed by atoms with Crippen LogP contribution in [-0.2, 0) is 0 Å². The average molecular weight is 334 g/mol. The van der Waals surface area contributed by atoms with Crippen LogP contribution < -0.4 is 5.32 Å². The van der Waals surface area contributed by atoms with E-state index in [1.54, 1.807) is 17.5 Å². The maximum atomic E-state index is 9.16. The zero-order valence-electron chi connectivity index (χ0n) is 12.2. The molecule has 9 heteroatoms. The number of hydrogen-bond donors (Lipinski definition) is 3. The van der Waals surface area contributed by atoms with Gasteiger partial charge in [0.2, 0.25) is 5.82 Å². The summed E-state index contributed by atoms with van der Waals surface area (Å²) in [6.45, 7) is 0. The van der Waals surface area contributed by atoms with E-state index in [2.05, 4.69) is 35.9 Å². The Balaban J connectivity index is 1.62. The second-order valence-electron chi connectivity index (χ2n) is 4.84. The number of nitrogens with zero attached hydrogens (tertiary/aromatic N) is 5.